The summed E-state index contributed by atoms with van der Waals surface area (Å²) in [4.78, 5) is 24.4. The first-order chi connectivity index (χ1) is 8.97. The van der Waals surface area contributed by atoms with Crippen molar-refractivity contribution in [2.24, 2.45) is 7.05 Å². The van der Waals surface area contributed by atoms with Crippen LogP contribution in [0.25, 0.3) is 10.9 Å². The molecule has 0 amide bonds. The van der Waals surface area contributed by atoms with Crippen molar-refractivity contribution in [3.05, 3.63) is 45.2 Å². The highest BCUT2D eigenvalue weighted by atomic mass is 16.5. The van der Waals surface area contributed by atoms with Gasteiger partial charge < -0.3 is 9.30 Å². The van der Waals surface area contributed by atoms with E-state index in [1.807, 2.05) is 30.7 Å². The molecule has 2 rings (SSSR count). The lowest BCUT2D eigenvalue weighted by molar-refractivity contribution is 0.0523. The Labute approximate surface area is 111 Å². The zero-order valence-corrected chi connectivity index (χ0v) is 11.6. The first kappa shape index (κ1) is 13.3. The number of pyridine rings is 1. The van der Waals surface area contributed by atoms with E-state index in [-0.39, 0.29) is 17.6 Å². The summed E-state index contributed by atoms with van der Waals surface area (Å²) in [7, 11) is 1.84. The summed E-state index contributed by atoms with van der Waals surface area (Å²) in [6.45, 7) is 5.66. The summed E-state index contributed by atoms with van der Waals surface area (Å²) in [6, 6.07) is 5.65. The van der Waals surface area contributed by atoms with Gasteiger partial charge in [0.2, 0.25) is 5.43 Å². The molecular formula is C15H17NO3. The highest BCUT2D eigenvalue weighted by Crippen LogP contribution is 2.16. The number of esters is 1. The zero-order chi connectivity index (χ0) is 14.2. The van der Waals surface area contributed by atoms with Crippen LogP contribution in [0.1, 0.15) is 28.5 Å². The quantitative estimate of drug-likeness (QED) is 0.778. The van der Waals surface area contributed by atoms with E-state index in [0.717, 1.165) is 11.1 Å². The van der Waals surface area contributed by atoms with Crippen LogP contribution in [0.15, 0.2) is 23.0 Å². The largest absolute Gasteiger partial charge is 0.462 e. The number of aryl methyl sites for hydroxylation is 2. The Balaban J connectivity index is 2.86. The van der Waals surface area contributed by atoms with Crippen molar-refractivity contribution >= 4 is 16.9 Å². The first-order valence-corrected chi connectivity index (χ1v) is 6.24. The molecule has 0 aliphatic carbocycles. The van der Waals surface area contributed by atoms with Crippen LogP contribution < -0.4 is 5.43 Å². The van der Waals surface area contributed by atoms with E-state index >= 15 is 0 Å². The lowest BCUT2D eigenvalue weighted by Gasteiger charge is -2.13. The molecule has 0 atom stereocenters. The number of hydrogen-bond acceptors (Lipinski definition) is 3. The Morgan fingerprint density at radius 2 is 2.00 bits per heavy atom. The number of fused-ring (bicyclic) bond motifs is 1. The number of aromatic nitrogens is 1. The number of rotatable bonds is 2. The molecule has 19 heavy (non-hydrogen) atoms. The molecule has 0 fully saturated rings. The van der Waals surface area contributed by atoms with Crippen LogP contribution in [0.2, 0.25) is 0 Å². The summed E-state index contributed by atoms with van der Waals surface area (Å²) < 4.78 is 6.82. The van der Waals surface area contributed by atoms with Gasteiger partial charge >= 0.3 is 5.97 Å². The van der Waals surface area contributed by atoms with Gasteiger partial charge in [0.15, 0.2) is 0 Å². The van der Waals surface area contributed by atoms with Gasteiger partial charge in [-0.3, -0.25) is 4.79 Å². The third-order valence-electron chi connectivity index (χ3n) is 3.33. The minimum atomic E-state index is -0.552. The topological polar surface area (TPSA) is 48.3 Å². The van der Waals surface area contributed by atoms with Crippen molar-refractivity contribution in [3.8, 4) is 0 Å². The summed E-state index contributed by atoms with van der Waals surface area (Å²) >= 11 is 0. The lowest BCUT2D eigenvalue weighted by atomic mass is 10.1. The Morgan fingerprint density at radius 3 is 2.63 bits per heavy atom. The molecule has 1 aromatic heterocycles. The number of ether oxygens (including phenoxy) is 1. The monoisotopic (exact) mass is 259 g/mol. The molecule has 0 saturated carbocycles. The highest BCUT2D eigenvalue weighted by molar-refractivity contribution is 5.95. The van der Waals surface area contributed by atoms with E-state index in [0.29, 0.717) is 11.1 Å². The normalized spacial score (nSPS) is 10.7. The maximum Gasteiger partial charge on any atom is 0.343 e. The van der Waals surface area contributed by atoms with Gasteiger partial charge in [-0.2, -0.15) is 0 Å². The Bertz CT molecular complexity index is 713. The molecule has 0 bridgehead atoms. The average molecular weight is 259 g/mol. The van der Waals surface area contributed by atoms with Crippen molar-refractivity contribution in [1.82, 2.24) is 4.57 Å². The standard InChI is InChI=1S/C15H17NO3/c1-5-19-15(18)13-10(3)16(4)12-7-6-9(2)8-11(12)14(13)17/h6-8H,5H2,1-4H3. The number of hydrogen-bond donors (Lipinski definition) is 0. The van der Waals surface area contributed by atoms with Crippen molar-refractivity contribution < 1.29 is 9.53 Å². The molecule has 0 N–H and O–H groups in total. The fourth-order valence-corrected chi connectivity index (χ4v) is 2.22. The molecule has 1 heterocycles. The van der Waals surface area contributed by atoms with E-state index in [2.05, 4.69) is 0 Å². The molecule has 4 heteroatoms. The van der Waals surface area contributed by atoms with E-state index < -0.39 is 5.97 Å². The van der Waals surface area contributed by atoms with Crippen molar-refractivity contribution in [1.29, 1.82) is 0 Å². The lowest BCUT2D eigenvalue weighted by Crippen LogP contribution is -2.23. The summed E-state index contributed by atoms with van der Waals surface area (Å²) in [5.41, 5.74) is 2.31. The van der Waals surface area contributed by atoms with Crippen LogP contribution in [0.4, 0.5) is 0 Å². The molecule has 2 aromatic rings. The van der Waals surface area contributed by atoms with Crippen LogP contribution in [-0.2, 0) is 11.8 Å². The fourth-order valence-electron chi connectivity index (χ4n) is 2.22. The molecule has 100 valence electrons. The number of carbonyl (C=O) groups is 1. The molecule has 0 aliphatic heterocycles. The molecule has 0 unspecified atom stereocenters. The summed E-state index contributed by atoms with van der Waals surface area (Å²) in [5.74, 6) is -0.552. The average Bonchev–Trinajstić information content (AvgIpc) is 2.36. The Kier molecular flexibility index (Phi) is 3.42. The third kappa shape index (κ3) is 2.14. The van der Waals surface area contributed by atoms with Crippen LogP contribution >= 0.6 is 0 Å². The molecule has 0 spiro atoms. The van der Waals surface area contributed by atoms with Crippen LogP contribution in [0.5, 0.6) is 0 Å². The predicted molar refractivity (Wildman–Crippen MR) is 74.6 cm³/mol. The number of benzene rings is 1. The minimum absolute atomic E-state index is 0.127. The predicted octanol–water partition coefficient (Wildman–Crippen LogP) is 2.33. The molecule has 1 aromatic carbocycles. The minimum Gasteiger partial charge on any atom is -0.462 e. The van der Waals surface area contributed by atoms with Gasteiger partial charge in [0, 0.05) is 18.1 Å². The van der Waals surface area contributed by atoms with E-state index in [1.54, 1.807) is 19.9 Å². The van der Waals surface area contributed by atoms with Gasteiger partial charge in [-0.25, -0.2) is 4.79 Å². The van der Waals surface area contributed by atoms with Crippen molar-refractivity contribution in [3.63, 3.8) is 0 Å². The van der Waals surface area contributed by atoms with Crippen molar-refractivity contribution in [2.75, 3.05) is 6.61 Å². The number of carbonyl (C=O) groups excluding carboxylic acids is 1. The van der Waals surface area contributed by atoms with Crippen LogP contribution in [0, 0.1) is 13.8 Å². The van der Waals surface area contributed by atoms with E-state index in [1.165, 1.54) is 0 Å². The zero-order valence-electron chi connectivity index (χ0n) is 11.6. The Hall–Kier alpha value is -2.10. The van der Waals surface area contributed by atoms with E-state index in [4.69, 9.17) is 4.74 Å². The molecule has 0 aliphatic rings. The third-order valence-corrected chi connectivity index (χ3v) is 3.33. The second-order valence-corrected chi connectivity index (χ2v) is 4.59. The van der Waals surface area contributed by atoms with Gasteiger partial charge in [-0.15, -0.1) is 0 Å². The second-order valence-electron chi connectivity index (χ2n) is 4.59. The molecule has 0 saturated heterocycles. The Morgan fingerprint density at radius 1 is 1.32 bits per heavy atom. The molecular weight excluding hydrogens is 242 g/mol. The molecule has 0 radical (unpaired) electrons. The van der Waals surface area contributed by atoms with Gasteiger partial charge in [0.1, 0.15) is 5.56 Å². The molecule has 4 nitrogen and oxygen atoms in total. The van der Waals surface area contributed by atoms with Gasteiger partial charge in [-0.05, 0) is 32.9 Å². The van der Waals surface area contributed by atoms with Gasteiger partial charge in [0.05, 0.1) is 12.1 Å². The van der Waals surface area contributed by atoms with Gasteiger partial charge in [-0.1, -0.05) is 11.6 Å². The summed E-state index contributed by atoms with van der Waals surface area (Å²) in [6.07, 6.45) is 0. The maximum absolute atomic E-state index is 12.5. The SMILES string of the molecule is CCOC(=O)c1c(C)n(C)c2ccc(C)cc2c1=O. The van der Waals surface area contributed by atoms with Crippen LogP contribution in [0.3, 0.4) is 0 Å². The number of nitrogens with zero attached hydrogens (tertiary/aromatic N) is 1. The van der Waals surface area contributed by atoms with Crippen molar-refractivity contribution in [2.45, 2.75) is 20.8 Å². The van der Waals surface area contributed by atoms with Crippen LogP contribution in [-0.4, -0.2) is 17.1 Å². The maximum atomic E-state index is 12.5. The van der Waals surface area contributed by atoms with Gasteiger partial charge in [0.25, 0.3) is 0 Å². The summed E-state index contributed by atoms with van der Waals surface area (Å²) in [5, 5.41) is 0.552. The highest BCUT2D eigenvalue weighted by Gasteiger charge is 2.19. The fraction of sp³-hybridized carbons (Fsp3) is 0.333. The first-order valence-electron chi connectivity index (χ1n) is 6.24. The smallest absolute Gasteiger partial charge is 0.343 e. The van der Waals surface area contributed by atoms with E-state index in [9.17, 15) is 9.59 Å². The second kappa shape index (κ2) is 4.88.